The van der Waals surface area contributed by atoms with Crippen LogP contribution in [-0.4, -0.2) is 24.3 Å². The van der Waals surface area contributed by atoms with Crippen molar-refractivity contribution in [2.45, 2.75) is 94.2 Å². The highest BCUT2D eigenvalue weighted by atomic mass is 16.6. The maximum atomic E-state index is 11.6. The third kappa shape index (κ3) is 20.3. The normalized spacial score (nSPS) is 14.7. The topological polar surface area (TPSA) is 47.6 Å². The Kier molecular flexibility index (Phi) is 26.3. The van der Waals surface area contributed by atoms with Crippen molar-refractivity contribution in [3.8, 4) is 0 Å². The maximum Gasteiger partial charge on any atom is 0.408 e. The smallest absolute Gasteiger partial charge is 0.408 e. The summed E-state index contributed by atoms with van der Waals surface area (Å²) >= 11 is 0. The largest absolute Gasteiger partial charge is 0.492 e. The Labute approximate surface area is 163 Å². The van der Waals surface area contributed by atoms with Gasteiger partial charge in [-0.3, -0.25) is 0 Å². The Morgan fingerprint density at radius 2 is 1.58 bits per heavy atom. The molecule has 1 amide bonds. The summed E-state index contributed by atoms with van der Waals surface area (Å²) in [5, 5.41) is 2.80. The number of rotatable bonds is 2. The molecule has 156 valence electrons. The number of amides is 1. The number of nitrogens with one attached hydrogen (secondary N) is 1. The van der Waals surface area contributed by atoms with Crippen molar-refractivity contribution in [2.24, 2.45) is 0 Å². The molecule has 4 heteroatoms. The van der Waals surface area contributed by atoms with Crippen molar-refractivity contribution in [3.63, 3.8) is 0 Å². The molecule has 0 aliphatic carbocycles. The number of allylic oxidation sites excluding steroid dienone is 2. The highest BCUT2D eigenvalue weighted by Crippen LogP contribution is 2.19. The molecule has 1 rings (SSSR count). The minimum Gasteiger partial charge on any atom is -0.492 e. The van der Waals surface area contributed by atoms with E-state index in [1.165, 1.54) is 0 Å². The molecule has 1 aliphatic heterocycles. The first kappa shape index (κ1) is 32.0. The summed E-state index contributed by atoms with van der Waals surface area (Å²) in [5.74, 6) is 0.812. The summed E-state index contributed by atoms with van der Waals surface area (Å²) in [6.07, 6.45) is 3.81. The van der Waals surface area contributed by atoms with E-state index in [1.807, 2.05) is 76.2 Å². The van der Waals surface area contributed by atoms with E-state index in [-0.39, 0.29) is 6.04 Å². The van der Waals surface area contributed by atoms with Crippen molar-refractivity contribution in [1.29, 1.82) is 0 Å². The summed E-state index contributed by atoms with van der Waals surface area (Å²) in [6, 6.07) is -0.0338. The van der Waals surface area contributed by atoms with E-state index in [9.17, 15) is 4.79 Å². The summed E-state index contributed by atoms with van der Waals surface area (Å²) in [7, 11) is 0. The van der Waals surface area contributed by atoms with Crippen molar-refractivity contribution < 1.29 is 14.3 Å². The molecule has 1 aliphatic rings. The van der Waals surface area contributed by atoms with Crippen LogP contribution in [0.2, 0.25) is 0 Å². The van der Waals surface area contributed by atoms with Crippen LogP contribution in [0.5, 0.6) is 0 Å². The van der Waals surface area contributed by atoms with Crippen molar-refractivity contribution in [2.75, 3.05) is 6.61 Å². The van der Waals surface area contributed by atoms with E-state index < -0.39 is 11.7 Å². The highest BCUT2D eigenvalue weighted by Gasteiger charge is 2.23. The molecular formula is C22H45NO3. The van der Waals surface area contributed by atoms with E-state index in [1.54, 1.807) is 12.2 Å². The minimum atomic E-state index is -0.475. The van der Waals surface area contributed by atoms with Gasteiger partial charge in [0.1, 0.15) is 18.0 Å². The average molecular weight is 372 g/mol. The number of ether oxygens (including phenoxy) is 2. The molecule has 1 atom stereocenters. The fourth-order valence-corrected chi connectivity index (χ4v) is 1.64. The number of carbonyl (C=O) groups is 1. The first-order valence-electron chi connectivity index (χ1n) is 9.75. The zero-order valence-corrected chi connectivity index (χ0v) is 19.3. The van der Waals surface area contributed by atoms with Gasteiger partial charge in [-0.1, -0.05) is 54.2 Å². The van der Waals surface area contributed by atoms with Gasteiger partial charge in [0.15, 0.2) is 0 Å². The van der Waals surface area contributed by atoms with E-state index in [2.05, 4.69) is 18.5 Å². The summed E-state index contributed by atoms with van der Waals surface area (Å²) < 4.78 is 10.7. The Bertz CT molecular complexity index is 379. The van der Waals surface area contributed by atoms with Crippen LogP contribution in [0.15, 0.2) is 36.6 Å². The van der Waals surface area contributed by atoms with Crippen LogP contribution in [0.25, 0.3) is 0 Å². The van der Waals surface area contributed by atoms with E-state index in [4.69, 9.17) is 9.47 Å². The summed E-state index contributed by atoms with van der Waals surface area (Å²) in [6.45, 7) is 28.9. The summed E-state index contributed by atoms with van der Waals surface area (Å²) in [5.41, 5.74) is 0.615. The van der Waals surface area contributed by atoms with Gasteiger partial charge in [-0.05, 0) is 52.7 Å². The number of alkyl carbamates (subject to hydrolysis) is 1. The molecule has 0 spiro atoms. The SMILES string of the molecule is C=CC.C=CC1=C(C)CC(NC(=O)OC(C)(C)C)CO1.CC.CC.CC. The van der Waals surface area contributed by atoms with Crippen LogP contribution in [0.1, 0.15) is 82.6 Å². The van der Waals surface area contributed by atoms with Gasteiger partial charge in [-0.15, -0.1) is 6.58 Å². The van der Waals surface area contributed by atoms with Crippen LogP contribution in [-0.2, 0) is 9.47 Å². The fourth-order valence-electron chi connectivity index (χ4n) is 1.64. The minimum absolute atomic E-state index is 0.0338. The molecule has 0 fully saturated rings. The van der Waals surface area contributed by atoms with Gasteiger partial charge in [-0.2, -0.15) is 0 Å². The van der Waals surface area contributed by atoms with E-state index in [0.29, 0.717) is 6.61 Å². The molecule has 0 bridgehead atoms. The van der Waals surface area contributed by atoms with Crippen LogP contribution in [0.3, 0.4) is 0 Å². The van der Waals surface area contributed by atoms with Crippen LogP contribution in [0, 0.1) is 0 Å². The van der Waals surface area contributed by atoms with Crippen LogP contribution < -0.4 is 5.32 Å². The predicted octanol–water partition coefficient (Wildman–Crippen LogP) is 7.03. The highest BCUT2D eigenvalue weighted by molar-refractivity contribution is 5.68. The molecule has 0 saturated heterocycles. The number of hydrogen-bond donors (Lipinski definition) is 1. The molecule has 0 saturated carbocycles. The third-order valence-corrected chi connectivity index (χ3v) is 2.32. The van der Waals surface area contributed by atoms with Crippen LogP contribution in [0.4, 0.5) is 4.79 Å². The van der Waals surface area contributed by atoms with Gasteiger partial charge < -0.3 is 14.8 Å². The molecule has 0 aromatic heterocycles. The second-order valence-corrected chi connectivity index (χ2v) is 5.62. The Hall–Kier alpha value is -1.71. The molecule has 0 aromatic carbocycles. The Morgan fingerprint density at radius 3 is 1.88 bits per heavy atom. The second-order valence-electron chi connectivity index (χ2n) is 5.62. The maximum absolute atomic E-state index is 11.6. The van der Waals surface area contributed by atoms with Gasteiger partial charge in [-0.25, -0.2) is 4.79 Å². The van der Waals surface area contributed by atoms with Crippen molar-refractivity contribution in [3.05, 3.63) is 36.6 Å². The average Bonchev–Trinajstić information content (AvgIpc) is 2.59. The van der Waals surface area contributed by atoms with E-state index in [0.717, 1.165) is 17.8 Å². The summed E-state index contributed by atoms with van der Waals surface area (Å²) in [4.78, 5) is 11.6. The molecule has 26 heavy (non-hydrogen) atoms. The Balaban J connectivity index is -0.000000231. The van der Waals surface area contributed by atoms with Crippen molar-refractivity contribution in [1.82, 2.24) is 5.32 Å². The lowest BCUT2D eigenvalue weighted by Crippen LogP contribution is -2.42. The molecule has 1 unspecified atom stereocenters. The lowest BCUT2D eigenvalue weighted by atomic mass is 10.0. The Morgan fingerprint density at radius 1 is 1.15 bits per heavy atom. The quantitative estimate of drug-likeness (QED) is 0.530. The molecule has 0 aromatic rings. The van der Waals surface area contributed by atoms with Gasteiger partial charge in [0.05, 0.1) is 6.04 Å². The van der Waals surface area contributed by atoms with E-state index >= 15 is 0 Å². The van der Waals surface area contributed by atoms with Gasteiger partial charge in [0.25, 0.3) is 0 Å². The van der Waals surface area contributed by atoms with Gasteiger partial charge in [0.2, 0.25) is 0 Å². The monoisotopic (exact) mass is 371 g/mol. The predicted molar refractivity (Wildman–Crippen MR) is 117 cm³/mol. The standard InChI is InChI=1S/C13H21NO3.C3H6.3C2H6/c1-6-11-9(2)7-10(8-16-11)14-12(15)17-13(3,4)5;1-3-2;3*1-2/h6,10H,1,7-8H2,2-5H3,(H,14,15);3H,1H2,2H3;3*1-2H3. The van der Waals surface area contributed by atoms with Gasteiger partial charge >= 0.3 is 6.09 Å². The van der Waals surface area contributed by atoms with Gasteiger partial charge in [0, 0.05) is 0 Å². The molecule has 1 N–H and O–H groups in total. The first-order chi connectivity index (χ1) is 12.2. The fraction of sp³-hybridized carbons (Fsp3) is 0.682. The zero-order valence-electron chi connectivity index (χ0n) is 19.3. The molecule has 0 radical (unpaired) electrons. The number of carbonyl (C=O) groups excluding carboxylic acids is 1. The first-order valence-corrected chi connectivity index (χ1v) is 9.75. The molecule has 1 heterocycles. The number of hydrogen-bond acceptors (Lipinski definition) is 3. The van der Waals surface area contributed by atoms with Crippen molar-refractivity contribution >= 4 is 6.09 Å². The van der Waals surface area contributed by atoms with Crippen LogP contribution >= 0.6 is 0 Å². The molecular weight excluding hydrogens is 326 g/mol. The lowest BCUT2D eigenvalue weighted by Gasteiger charge is -2.27. The molecule has 4 nitrogen and oxygen atoms in total. The zero-order chi connectivity index (χ0) is 21.8. The third-order valence-electron chi connectivity index (χ3n) is 2.32. The second kappa shape index (κ2) is 21.3. The lowest BCUT2D eigenvalue weighted by molar-refractivity contribution is 0.0463.